The van der Waals surface area contributed by atoms with Gasteiger partial charge in [0.2, 0.25) is 0 Å². The minimum atomic E-state index is -1.43. The molecule has 4 nitrogen and oxygen atoms in total. The lowest BCUT2D eigenvalue weighted by molar-refractivity contribution is -0.157. The second kappa shape index (κ2) is 7.76. The molecule has 0 radical (unpaired) electrons. The molecule has 2 N–H and O–H groups in total. The van der Waals surface area contributed by atoms with Crippen molar-refractivity contribution in [2.75, 3.05) is 13.2 Å². The number of nitrogens with zero attached hydrogens (tertiary/aromatic N) is 1. The van der Waals surface area contributed by atoms with Crippen molar-refractivity contribution in [1.82, 2.24) is 4.90 Å². The van der Waals surface area contributed by atoms with E-state index in [9.17, 15) is 18.0 Å². The van der Waals surface area contributed by atoms with Gasteiger partial charge in [-0.1, -0.05) is 30.3 Å². The fourth-order valence-electron chi connectivity index (χ4n) is 3.89. The van der Waals surface area contributed by atoms with Crippen LogP contribution in [0.4, 0.5) is 17.6 Å². The highest BCUT2D eigenvalue weighted by Crippen LogP contribution is 2.31. The number of rotatable bonds is 4. The van der Waals surface area contributed by atoms with Crippen LogP contribution in [0.3, 0.4) is 0 Å². The maximum Gasteiger partial charge on any atom is 0.252 e. The second-order valence-electron chi connectivity index (χ2n) is 7.38. The lowest BCUT2D eigenvalue weighted by Gasteiger charge is -2.33. The van der Waals surface area contributed by atoms with E-state index in [1.165, 1.54) is 35.2 Å². The van der Waals surface area contributed by atoms with Gasteiger partial charge in [0, 0.05) is 17.5 Å². The van der Waals surface area contributed by atoms with Crippen molar-refractivity contribution in [1.29, 1.82) is 0 Å². The van der Waals surface area contributed by atoms with Gasteiger partial charge in [0.15, 0.2) is 11.6 Å². The zero-order valence-corrected chi connectivity index (χ0v) is 15.5. The minimum Gasteiger partial charge on any atom is -0.368 e. The maximum atomic E-state index is 15.2. The molecule has 2 fully saturated rings. The Balaban J connectivity index is 1.64. The van der Waals surface area contributed by atoms with Gasteiger partial charge in [-0.3, -0.25) is 4.79 Å². The number of ether oxygens (including phenoxy) is 1. The molecular formula is C21H20F4N2O2. The molecule has 0 spiro atoms. The summed E-state index contributed by atoms with van der Waals surface area (Å²) in [6.07, 6.45) is -1.54. The molecular weight excluding hydrogens is 388 g/mol. The van der Waals surface area contributed by atoms with E-state index in [1.807, 2.05) is 0 Å². The first-order chi connectivity index (χ1) is 13.9. The van der Waals surface area contributed by atoms with Gasteiger partial charge >= 0.3 is 0 Å². The average Bonchev–Trinajstić information content (AvgIpc) is 2.93. The summed E-state index contributed by atoms with van der Waals surface area (Å²) in [6.45, 7) is 0.292. The highest BCUT2D eigenvalue weighted by atomic mass is 19.2. The largest absolute Gasteiger partial charge is 0.368 e. The number of nitrogens with two attached hydrogens (primary N) is 1. The van der Waals surface area contributed by atoms with E-state index >= 15 is 4.39 Å². The number of halogens is 4. The first-order valence-corrected chi connectivity index (χ1v) is 9.42. The van der Waals surface area contributed by atoms with Crippen molar-refractivity contribution >= 4 is 5.91 Å². The second-order valence-corrected chi connectivity index (χ2v) is 7.38. The quantitative estimate of drug-likeness (QED) is 0.792. The summed E-state index contributed by atoms with van der Waals surface area (Å²) in [6, 6.07) is 6.10. The van der Waals surface area contributed by atoms with Crippen LogP contribution in [-0.2, 0) is 16.0 Å². The summed E-state index contributed by atoms with van der Waals surface area (Å²) < 4.78 is 62.3. The van der Waals surface area contributed by atoms with E-state index in [0.717, 1.165) is 6.07 Å². The highest BCUT2D eigenvalue weighted by Gasteiger charge is 2.45. The molecule has 2 aromatic rings. The third kappa shape index (κ3) is 3.51. The van der Waals surface area contributed by atoms with Crippen LogP contribution in [0, 0.1) is 17.5 Å². The van der Waals surface area contributed by atoms with Crippen molar-refractivity contribution in [3.05, 3.63) is 59.4 Å². The van der Waals surface area contributed by atoms with Crippen LogP contribution in [0.15, 0.2) is 36.4 Å². The smallest absolute Gasteiger partial charge is 0.252 e. The number of carbonyl (C=O) groups excluding carboxylic acids is 1. The zero-order valence-electron chi connectivity index (χ0n) is 15.5. The summed E-state index contributed by atoms with van der Waals surface area (Å²) in [5.74, 6) is -3.34. The van der Waals surface area contributed by atoms with Crippen LogP contribution in [-0.4, -0.2) is 48.3 Å². The normalized spacial score (nSPS) is 26.4. The Morgan fingerprint density at radius 1 is 1.10 bits per heavy atom. The van der Waals surface area contributed by atoms with Gasteiger partial charge in [0.1, 0.15) is 18.1 Å². The number of carbonyl (C=O) groups is 1. The first kappa shape index (κ1) is 19.8. The first-order valence-electron chi connectivity index (χ1n) is 9.42. The Morgan fingerprint density at radius 2 is 1.76 bits per heavy atom. The van der Waals surface area contributed by atoms with E-state index < -0.39 is 41.8 Å². The molecule has 154 valence electrons. The standard InChI is InChI=1S/C21H20F4N2O2/c22-14-6-2-5-13(19(14)25)12-4-1-3-11(18(12)24)9-16-20(26)15(23)10-27(16)21(28)17-7-8-29-17/h1-6,15-17,20H,7-10,26H2/t15-,16-,17?,20-/m0/s1. The predicted molar refractivity (Wildman–Crippen MR) is 98.2 cm³/mol. The van der Waals surface area contributed by atoms with Gasteiger partial charge in [-0.05, 0) is 18.1 Å². The molecule has 4 atom stereocenters. The SMILES string of the molecule is N[C@H]1[C@@H](F)CN(C(=O)C2CCO2)[C@H]1Cc1cccc(-c2cccc(F)c2F)c1F. The summed E-state index contributed by atoms with van der Waals surface area (Å²) in [7, 11) is 0. The molecule has 2 aromatic carbocycles. The minimum absolute atomic E-state index is 0.0450. The average molecular weight is 408 g/mol. The monoisotopic (exact) mass is 408 g/mol. The van der Waals surface area contributed by atoms with Gasteiger partial charge in [-0.15, -0.1) is 0 Å². The molecule has 1 amide bonds. The predicted octanol–water partition coefficient (Wildman–Crippen LogP) is 2.98. The molecule has 1 unspecified atom stereocenters. The van der Waals surface area contributed by atoms with Crippen LogP contribution in [0.25, 0.3) is 11.1 Å². The number of likely N-dealkylation sites (tertiary alicyclic amines) is 1. The molecule has 0 saturated carbocycles. The third-order valence-corrected chi connectivity index (χ3v) is 5.64. The Bertz CT molecular complexity index is 935. The van der Waals surface area contributed by atoms with E-state index in [1.54, 1.807) is 0 Å². The number of alkyl halides is 1. The number of hydrogen-bond acceptors (Lipinski definition) is 3. The fourth-order valence-corrected chi connectivity index (χ4v) is 3.89. The molecule has 2 saturated heterocycles. The van der Waals surface area contributed by atoms with Gasteiger partial charge in [-0.25, -0.2) is 17.6 Å². The van der Waals surface area contributed by atoms with Crippen molar-refractivity contribution in [3.8, 4) is 11.1 Å². The Morgan fingerprint density at radius 3 is 2.41 bits per heavy atom. The summed E-state index contributed by atoms with van der Waals surface area (Å²) >= 11 is 0. The molecule has 2 heterocycles. The Kier molecular flexibility index (Phi) is 5.31. The number of hydrogen-bond donors (Lipinski definition) is 1. The Hall–Kier alpha value is -2.45. The lowest BCUT2D eigenvalue weighted by atomic mass is 9.95. The summed E-state index contributed by atoms with van der Waals surface area (Å²) in [5, 5.41) is 0. The van der Waals surface area contributed by atoms with E-state index in [4.69, 9.17) is 10.5 Å². The van der Waals surface area contributed by atoms with Crippen molar-refractivity contribution in [2.24, 2.45) is 5.73 Å². The van der Waals surface area contributed by atoms with Crippen molar-refractivity contribution in [2.45, 2.75) is 37.2 Å². The highest BCUT2D eigenvalue weighted by molar-refractivity contribution is 5.82. The molecule has 8 heteroatoms. The van der Waals surface area contributed by atoms with Crippen LogP contribution >= 0.6 is 0 Å². The molecule has 4 rings (SSSR count). The van der Waals surface area contributed by atoms with Gasteiger partial charge in [-0.2, -0.15) is 0 Å². The fraction of sp³-hybridized carbons (Fsp3) is 0.381. The maximum absolute atomic E-state index is 15.2. The molecule has 2 aliphatic rings. The molecule has 29 heavy (non-hydrogen) atoms. The number of amides is 1. The van der Waals surface area contributed by atoms with Crippen LogP contribution in [0.2, 0.25) is 0 Å². The van der Waals surface area contributed by atoms with Crippen molar-refractivity contribution in [3.63, 3.8) is 0 Å². The molecule has 0 bridgehead atoms. The van der Waals surface area contributed by atoms with Crippen LogP contribution in [0.5, 0.6) is 0 Å². The number of benzene rings is 2. The topological polar surface area (TPSA) is 55.6 Å². The van der Waals surface area contributed by atoms with Crippen molar-refractivity contribution < 1.29 is 27.1 Å². The van der Waals surface area contributed by atoms with E-state index in [2.05, 4.69) is 0 Å². The third-order valence-electron chi connectivity index (χ3n) is 5.64. The molecule has 0 aromatic heterocycles. The van der Waals surface area contributed by atoms with Gasteiger partial charge < -0.3 is 15.4 Å². The lowest BCUT2D eigenvalue weighted by Crippen LogP contribution is -2.51. The molecule has 2 aliphatic heterocycles. The van der Waals surface area contributed by atoms with Crippen LogP contribution in [0.1, 0.15) is 12.0 Å². The van der Waals surface area contributed by atoms with Gasteiger partial charge in [0.05, 0.1) is 25.2 Å². The van der Waals surface area contributed by atoms with E-state index in [0.29, 0.717) is 13.0 Å². The van der Waals surface area contributed by atoms with Gasteiger partial charge in [0.25, 0.3) is 5.91 Å². The molecule has 0 aliphatic carbocycles. The summed E-state index contributed by atoms with van der Waals surface area (Å²) in [4.78, 5) is 13.9. The van der Waals surface area contributed by atoms with Crippen LogP contribution < -0.4 is 5.73 Å². The Labute approximate surface area is 165 Å². The zero-order chi connectivity index (χ0) is 20.7. The van der Waals surface area contributed by atoms with E-state index in [-0.39, 0.29) is 35.6 Å². The summed E-state index contributed by atoms with van der Waals surface area (Å²) in [5.41, 5.74) is 5.79.